The zero-order valence-corrected chi connectivity index (χ0v) is 25.9. The van der Waals surface area contributed by atoms with Crippen molar-refractivity contribution in [3.05, 3.63) is 76.0 Å². The van der Waals surface area contributed by atoms with E-state index in [1.54, 1.807) is 0 Å². The molecule has 0 atom stereocenters. The van der Waals surface area contributed by atoms with Crippen molar-refractivity contribution >= 4 is 12.4 Å². The molecule has 0 bridgehead atoms. The minimum atomic E-state index is 0.330. The number of aryl methyl sites for hydroxylation is 2. The fourth-order valence-electron chi connectivity index (χ4n) is 5.89. The van der Waals surface area contributed by atoms with Crippen LogP contribution in [0.15, 0.2) is 47.6 Å². The van der Waals surface area contributed by atoms with Gasteiger partial charge in [-0.25, -0.2) is 0 Å². The Kier molecular flexibility index (Phi) is 9.35. The summed E-state index contributed by atoms with van der Waals surface area (Å²) in [7, 11) is 0. The van der Waals surface area contributed by atoms with Crippen LogP contribution in [0, 0.1) is 19.3 Å². The number of nitrogens with one attached hydrogen (secondary N) is 1. The molecule has 1 N–H and O–H groups in total. The number of aromatic nitrogens is 1. The minimum Gasteiger partial charge on any atom is -0.489 e. The molecule has 2 aromatic carbocycles. The number of hydrogen-bond donors (Lipinski definition) is 1. The van der Waals surface area contributed by atoms with Gasteiger partial charge in [-0.15, -0.1) is 0 Å². The summed E-state index contributed by atoms with van der Waals surface area (Å²) in [6.07, 6.45) is 2.51. The smallest absolute Gasteiger partial charge is 0.123 e. The minimum absolute atomic E-state index is 0.330. The molecule has 0 spiro atoms. The molecule has 1 aliphatic heterocycles. The van der Waals surface area contributed by atoms with E-state index >= 15 is 0 Å². The molecule has 1 saturated heterocycles. The number of hydrazone groups is 1. The fraction of sp³-hybridized carbons (Fsp3) is 0.486. The van der Waals surface area contributed by atoms with E-state index in [-0.39, 0.29) is 0 Å². The summed E-state index contributed by atoms with van der Waals surface area (Å²) in [5, 5.41) is 3.89. The molecule has 0 radical (unpaired) electrons. The topological polar surface area (TPSA) is 49.8 Å². The molecular formula is C35H48N4O. The highest BCUT2D eigenvalue weighted by Gasteiger charge is 2.27. The van der Waals surface area contributed by atoms with Crippen LogP contribution in [-0.4, -0.2) is 29.7 Å². The molecule has 1 aromatic heterocycles. The maximum absolute atomic E-state index is 6.54. The van der Waals surface area contributed by atoms with Crippen molar-refractivity contribution < 1.29 is 4.74 Å². The van der Waals surface area contributed by atoms with Crippen LogP contribution in [-0.2, 0) is 13.2 Å². The largest absolute Gasteiger partial charge is 0.489 e. The van der Waals surface area contributed by atoms with E-state index in [2.05, 4.69) is 120 Å². The van der Waals surface area contributed by atoms with Gasteiger partial charge in [0.25, 0.3) is 0 Å². The molecule has 5 heteroatoms. The first-order valence-electron chi connectivity index (χ1n) is 14.8. The summed E-state index contributed by atoms with van der Waals surface area (Å²) in [5.74, 6) is 1.78. The average molecular weight is 541 g/mol. The maximum atomic E-state index is 6.54. The molecule has 3 aromatic rings. The first-order chi connectivity index (χ1) is 19.0. The second kappa shape index (κ2) is 12.6. The van der Waals surface area contributed by atoms with Gasteiger partial charge in [0.2, 0.25) is 0 Å². The lowest BCUT2D eigenvalue weighted by Gasteiger charge is -2.38. The van der Waals surface area contributed by atoms with E-state index < -0.39 is 0 Å². The Morgan fingerprint density at radius 3 is 2.50 bits per heavy atom. The predicted octanol–water partition coefficient (Wildman–Crippen LogP) is 8.84. The number of likely N-dealkylation sites (tertiary alicyclic amines) is 1. The Balaban J connectivity index is 1.76. The standard InChI is InChI=1S/C35H48N4O/c1-23(2)27-12-11-25(5)34(18-27)40-21-32-26(6)37-33(17-28(32)20-39-16-10-15-35(7,8)22-39)31-19-29(38-36-9)13-14-30(31)24(3)4/h11-14,17-19,23-24,38H,9-10,15-16,20-22H2,1-8H3. The first-order valence-corrected chi connectivity index (χ1v) is 14.8. The van der Waals surface area contributed by atoms with E-state index in [4.69, 9.17) is 9.72 Å². The number of benzene rings is 2. The zero-order chi connectivity index (χ0) is 29.0. The van der Waals surface area contributed by atoms with Crippen molar-refractivity contribution in [3.63, 3.8) is 0 Å². The van der Waals surface area contributed by atoms with Crippen LogP contribution in [0.4, 0.5) is 5.69 Å². The van der Waals surface area contributed by atoms with E-state index in [0.717, 1.165) is 53.6 Å². The number of pyridine rings is 1. The summed E-state index contributed by atoms with van der Waals surface area (Å²) in [6.45, 7) is 25.2. The van der Waals surface area contributed by atoms with Gasteiger partial charge in [0.15, 0.2) is 0 Å². The average Bonchev–Trinajstić information content (AvgIpc) is 2.88. The summed E-state index contributed by atoms with van der Waals surface area (Å²) in [4.78, 5) is 7.79. The molecule has 4 rings (SSSR count). The Bertz CT molecular complexity index is 1340. The molecule has 40 heavy (non-hydrogen) atoms. The molecule has 5 nitrogen and oxygen atoms in total. The van der Waals surface area contributed by atoms with Crippen molar-refractivity contribution in [3.8, 4) is 17.0 Å². The summed E-state index contributed by atoms with van der Waals surface area (Å²) in [5.41, 5.74) is 13.6. The van der Waals surface area contributed by atoms with Gasteiger partial charge < -0.3 is 4.74 Å². The number of ether oxygens (including phenoxy) is 1. The van der Waals surface area contributed by atoms with Crippen LogP contribution in [0.25, 0.3) is 11.3 Å². The highest BCUT2D eigenvalue weighted by Crippen LogP contribution is 2.35. The molecule has 1 aliphatic rings. The number of piperidine rings is 1. The quantitative estimate of drug-likeness (QED) is 0.206. The van der Waals surface area contributed by atoms with Crippen LogP contribution < -0.4 is 10.2 Å². The maximum Gasteiger partial charge on any atom is 0.123 e. The normalized spacial score (nSPS) is 15.4. The lowest BCUT2D eigenvalue weighted by Crippen LogP contribution is -2.39. The van der Waals surface area contributed by atoms with Crippen LogP contribution in [0.5, 0.6) is 5.75 Å². The molecule has 0 saturated carbocycles. The van der Waals surface area contributed by atoms with Crippen molar-refractivity contribution in [2.75, 3.05) is 18.5 Å². The lowest BCUT2D eigenvalue weighted by atomic mass is 9.84. The van der Waals surface area contributed by atoms with Gasteiger partial charge in [-0.1, -0.05) is 59.7 Å². The highest BCUT2D eigenvalue weighted by atomic mass is 16.5. The first kappa shape index (κ1) is 29.8. The van der Waals surface area contributed by atoms with Gasteiger partial charge >= 0.3 is 0 Å². The Labute approximate surface area is 242 Å². The summed E-state index contributed by atoms with van der Waals surface area (Å²) >= 11 is 0. The number of hydrogen-bond acceptors (Lipinski definition) is 5. The van der Waals surface area contributed by atoms with Gasteiger partial charge in [-0.2, -0.15) is 5.10 Å². The van der Waals surface area contributed by atoms with Crippen molar-refractivity contribution in [2.24, 2.45) is 10.5 Å². The van der Waals surface area contributed by atoms with Crippen molar-refractivity contribution in [2.45, 2.75) is 93.2 Å². The Morgan fingerprint density at radius 1 is 1.05 bits per heavy atom. The van der Waals surface area contributed by atoms with Crippen molar-refractivity contribution in [1.82, 2.24) is 9.88 Å². The number of anilines is 1. The molecule has 2 heterocycles. The second-order valence-electron chi connectivity index (χ2n) is 12.9. The van der Waals surface area contributed by atoms with Gasteiger partial charge in [0.05, 0.1) is 11.4 Å². The van der Waals surface area contributed by atoms with E-state index in [1.165, 1.54) is 35.1 Å². The van der Waals surface area contributed by atoms with Crippen LogP contribution in [0.1, 0.15) is 99.7 Å². The Hall–Kier alpha value is -3.18. The lowest BCUT2D eigenvalue weighted by molar-refractivity contribution is 0.111. The van der Waals surface area contributed by atoms with Gasteiger partial charge in [0.1, 0.15) is 12.4 Å². The van der Waals surface area contributed by atoms with Crippen molar-refractivity contribution in [1.29, 1.82) is 0 Å². The molecule has 0 aliphatic carbocycles. The van der Waals surface area contributed by atoms with Crippen LogP contribution in [0.3, 0.4) is 0 Å². The monoisotopic (exact) mass is 540 g/mol. The van der Waals surface area contributed by atoms with Crippen LogP contribution >= 0.6 is 0 Å². The van der Waals surface area contributed by atoms with Crippen LogP contribution in [0.2, 0.25) is 0 Å². The van der Waals surface area contributed by atoms with E-state index in [9.17, 15) is 0 Å². The third-order valence-corrected chi connectivity index (χ3v) is 8.21. The summed E-state index contributed by atoms with van der Waals surface area (Å²) < 4.78 is 6.54. The molecular weight excluding hydrogens is 492 g/mol. The SMILES string of the molecule is C=NNc1ccc(C(C)C)c(-c2cc(CN3CCCC(C)(C)C3)c(COc3cc(C(C)C)ccc3C)c(C)n2)c1. The van der Waals surface area contributed by atoms with Gasteiger partial charge in [-0.05, 0) is 97.0 Å². The molecule has 0 amide bonds. The molecule has 0 unspecified atom stereocenters. The Morgan fingerprint density at radius 2 is 1.82 bits per heavy atom. The highest BCUT2D eigenvalue weighted by molar-refractivity contribution is 5.71. The molecule has 214 valence electrons. The van der Waals surface area contributed by atoms with E-state index in [1.807, 2.05) is 0 Å². The number of nitrogens with zero attached hydrogens (tertiary/aromatic N) is 3. The third kappa shape index (κ3) is 7.11. The third-order valence-electron chi connectivity index (χ3n) is 8.21. The fourth-order valence-corrected chi connectivity index (χ4v) is 5.89. The summed E-state index contributed by atoms with van der Waals surface area (Å²) in [6, 6.07) is 15.3. The van der Waals surface area contributed by atoms with E-state index in [0.29, 0.717) is 23.9 Å². The predicted molar refractivity (Wildman–Crippen MR) is 170 cm³/mol. The zero-order valence-electron chi connectivity index (χ0n) is 25.9. The van der Waals surface area contributed by atoms with Gasteiger partial charge in [0, 0.05) is 36.6 Å². The molecule has 1 fully saturated rings. The van der Waals surface area contributed by atoms with Gasteiger partial charge in [-0.3, -0.25) is 15.3 Å². The number of rotatable bonds is 10. The second-order valence-corrected chi connectivity index (χ2v) is 12.9.